The van der Waals surface area contributed by atoms with Gasteiger partial charge >= 0.3 is 0 Å². The average molecular weight is 171 g/mol. The van der Waals surface area contributed by atoms with E-state index in [1.54, 1.807) is 0 Å². The van der Waals surface area contributed by atoms with Crippen LogP contribution in [0, 0.1) is 6.54 Å². The first kappa shape index (κ1) is 6.63. The molecular weight excluding hydrogens is 162 g/mol. The summed E-state index contributed by atoms with van der Waals surface area (Å²) in [5.41, 5.74) is 7.91. The molecule has 64 valence electrons. The molecule has 0 fully saturated rings. The maximum Gasteiger partial charge on any atom is 0.190 e. The molecule has 3 heterocycles. The molecule has 0 aromatic rings. The van der Waals surface area contributed by atoms with Gasteiger partial charge < -0.3 is 10.2 Å². The topological polar surface area (TPSA) is 29.2 Å². The van der Waals surface area contributed by atoms with Gasteiger partial charge in [0.25, 0.3) is 0 Å². The zero-order chi connectivity index (χ0) is 8.84. The van der Waals surface area contributed by atoms with Crippen molar-refractivity contribution in [1.82, 2.24) is 10.2 Å². The Labute approximate surface area is 76.5 Å². The number of allylic oxidation sites excluding steroid dienone is 1. The second-order valence-electron chi connectivity index (χ2n) is 3.19. The van der Waals surface area contributed by atoms with E-state index in [1.165, 1.54) is 11.4 Å². The number of rotatable bonds is 0. The van der Waals surface area contributed by atoms with Gasteiger partial charge in [-0.3, -0.25) is 5.73 Å². The van der Waals surface area contributed by atoms with Crippen molar-refractivity contribution in [3.05, 3.63) is 47.2 Å². The summed E-state index contributed by atoms with van der Waals surface area (Å²) in [5, 5.41) is 3.08. The molecule has 0 saturated heterocycles. The van der Waals surface area contributed by atoms with Gasteiger partial charge in [0, 0.05) is 5.57 Å². The molecule has 0 amide bonds. The Hall–Kier alpha value is -1.86. The van der Waals surface area contributed by atoms with Gasteiger partial charge in [-0.25, -0.2) is 4.99 Å². The second-order valence-corrected chi connectivity index (χ2v) is 3.19. The minimum absolute atomic E-state index is 1.12. The summed E-state index contributed by atoms with van der Waals surface area (Å²) < 4.78 is 0. The minimum Gasteiger partial charge on any atom is -0.428 e. The van der Waals surface area contributed by atoms with Gasteiger partial charge in [0.15, 0.2) is 12.4 Å². The molecule has 3 heteroatoms. The monoisotopic (exact) mass is 171 g/mol. The lowest BCUT2D eigenvalue weighted by molar-refractivity contribution is -0.363. The summed E-state index contributed by atoms with van der Waals surface area (Å²) in [7, 11) is 2.06. The molecule has 0 radical (unpaired) electrons. The number of hydrogen-bond donors (Lipinski definition) is 2. The summed E-state index contributed by atoms with van der Waals surface area (Å²) >= 11 is 0. The molecule has 0 spiro atoms. The Kier molecular flexibility index (Phi) is 1.07. The predicted molar refractivity (Wildman–Crippen MR) is 48.9 cm³/mol. The largest absolute Gasteiger partial charge is 0.428 e. The van der Waals surface area contributed by atoms with E-state index in [-0.39, 0.29) is 0 Å². The summed E-state index contributed by atoms with van der Waals surface area (Å²) in [4.78, 5) is 5.23. The van der Waals surface area contributed by atoms with Gasteiger partial charge in [0.2, 0.25) is 0 Å². The molecule has 3 nitrogen and oxygen atoms in total. The molecule has 0 aromatic heterocycles. The normalized spacial score (nSPS) is 22.1. The summed E-state index contributed by atoms with van der Waals surface area (Å²) in [6, 6.07) is 0. The van der Waals surface area contributed by atoms with Crippen LogP contribution in [0.3, 0.4) is 0 Å². The van der Waals surface area contributed by atoms with E-state index in [1.807, 2.05) is 25.2 Å². The van der Waals surface area contributed by atoms with Crippen LogP contribution in [0.15, 0.2) is 40.7 Å². The number of hydrogen-bond acceptors (Lipinski definition) is 2. The highest BCUT2D eigenvalue weighted by Crippen LogP contribution is 2.29. The highest BCUT2D eigenvalue weighted by atomic mass is 15.2. The second kappa shape index (κ2) is 2.09. The molecule has 0 aromatic carbocycles. The van der Waals surface area contributed by atoms with Crippen LogP contribution in [-0.2, 0) is 0 Å². The van der Waals surface area contributed by atoms with Crippen LogP contribution < -0.4 is 10.3 Å². The molecule has 0 saturated carbocycles. The number of fused-ring (bicyclic) bond motifs is 2. The first-order valence-corrected chi connectivity index (χ1v) is 4.20. The van der Waals surface area contributed by atoms with Crippen molar-refractivity contribution in [1.29, 1.82) is 0 Å². The molecule has 0 unspecified atom stereocenters. The van der Waals surface area contributed by atoms with Gasteiger partial charge in [-0.2, -0.15) is 0 Å². The third kappa shape index (κ3) is 0.740. The van der Waals surface area contributed by atoms with Crippen LogP contribution >= 0.6 is 0 Å². The lowest BCUT2D eigenvalue weighted by Crippen LogP contribution is -2.58. The van der Waals surface area contributed by atoms with Gasteiger partial charge in [-0.15, -0.1) is 5.57 Å². The highest BCUT2D eigenvalue weighted by molar-refractivity contribution is 5.83. The maximum absolute atomic E-state index is 3.33. The summed E-state index contributed by atoms with van der Waals surface area (Å²) in [5.74, 6) is 0. The molecule has 0 atom stereocenters. The predicted octanol–water partition coefficient (Wildman–Crippen LogP) is -1.00. The Bertz CT molecular complexity index is 429. The molecule has 13 heavy (non-hydrogen) atoms. The van der Waals surface area contributed by atoms with Crippen molar-refractivity contribution in [2.24, 2.45) is 0 Å². The van der Waals surface area contributed by atoms with E-state index in [9.17, 15) is 0 Å². The molecular formula is C10H9N3. The fourth-order valence-corrected chi connectivity index (χ4v) is 1.74. The maximum atomic E-state index is 3.33. The molecule has 3 aliphatic rings. The van der Waals surface area contributed by atoms with Crippen molar-refractivity contribution in [2.75, 3.05) is 7.05 Å². The molecule has 0 bridgehead atoms. The van der Waals surface area contributed by atoms with E-state index < -0.39 is 0 Å². The summed E-state index contributed by atoms with van der Waals surface area (Å²) in [6.07, 6.45) is 5.93. The van der Waals surface area contributed by atoms with Crippen molar-refractivity contribution < 1.29 is 4.99 Å². The van der Waals surface area contributed by atoms with Crippen LogP contribution in [0.25, 0.3) is 0 Å². The molecule has 3 aliphatic heterocycles. The van der Waals surface area contributed by atoms with Crippen molar-refractivity contribution in [3.8, 4) is 0 Å². The van der Waals surface area contributed by atoms with Crippen LogP contribution in [0.5, 0.6) is 0 Å². The van der Waals surface area contributed by atoms with Crippen LogP contribution in [0.2, 0.25) is 0 Å². The molecule has 0 aliphatic carbocycles. The van der Waals surface area contributed by atoms with Crippen LogP contribution in [0.4, 0.5) is 0 Å². The quantitative estimate of drug-likeness (QED) is 0.361. The van der Waals surface area contributed by atoms with Crippen LogP contribution in [0.1, 0.15) is 0 Å². The Morgan fingerprint density at radius 1 is 1.54 bits per heavy atom. The van der Waals surface area contributed by atoms with E-state index in [2.05, 4.69) is 28.0 Å². The van der Waals surface area contributed by atoms with E-state index in [0.717, 1.165) is 11.1 Å². The van der Waals surface area contributed by atoms with Gasteiger partial charge in [0.1, 0.15) is 5.70 Å². The Balaban J connectivity index is 2.27. The lowest BCUT2D eigenvalue weighted by Gasteiger charge is -2.30. The van der Waals surface area contributed by atoms with E-state index in [4.69, 9.17) is 0 Å². The smallest absolute Gasteiger partial charge is 0.190 e. The zero-order valence-corrected chi connectivity index (χ0v) is 7.26. The SMILES string of the molecule is CN1C2=C[NH+]=CC2=C=C2[CH-]NC=C21. The van der Waals surface area contributed by atoms with Crippen molar-refractivity contribution >= 4 is 6.21 Å². The fraction of sp³-hybridized carbons (Fsp3) is 0.100. The Morgan fingerprint density at radius 3 is 3.38 bits per heavy atom. The average Bonchev–Trinajstić information content (AvgIpc) is 2.71. The fourth-order valence-electron chi connectivity index (χ4n) is 1.74. The standard InChI is InChI=1S/C10H8N3/c1-13-9-5-11-3-7(9)2-8-4-12-6-10(8)13/h3-6,11H,1H3/q-1/p+1. The van der Waals surface area contributed by atoms with Gasteiger partial charge in [-0.1, -0.05) is 6.54 Å². The lowest BCUT2D eigenvalue weighted by atomic mass is 10.1. The molecule has 3 rings (SSSR count). The van der Waals surface area contributed by atoms with E-state index >= 15 is 0 Å². The van der Waals surface area contributed by atoms with Gasteiger partial charge in [-0.05, 0) is 18.9 Å². The van der Waals surface area contributed by atoms with E-state index in [0.29, 0.717) is 0 Å². The van der Waals surface area contributed by atoms with Gasteiger partial charge in [0.05, 0.1) is 0 Å². The minimum atomic E-state index is 1.12. The molecule has 2 N–H and O–H groups in total. The Morgan fingerprint density at radius 2 is 2.46 bits per heavy atom. The van der Waals surface area contributed by atoms with Crippen molar-refractivity contribution in [3.63, 3.8) is 0 Å². The number of nitrogens with zero attached hydrogens (tertiary/aromatic N) is 1. The third-order valence-electron chi connectivity index (χ3n) is 2.44. The first-order valence-electron chi connectivity index (χ1n) is 4.20. The summed E-state index contributed by atoms with van der Waals surface area (Å²) in [6.45, 7) is 1.96. The first-order chi connectivity index (χ1) is 6.36. The zero-order valence-electron chi connectivity index (χ0n) is 7.26. The number of nitrogens with one attached hydrogen (secondary N) is 2. The third-order valence-corrected chi connectivity index (χ3v) is 2.44. The highest BCUT2D eigenvalue weighted by Gasteiger charge is 2.21. The van der Waals surface area contributed by atoms with Crippen LogP contribution in [-0.4, -0.2) is 18.2 Å². The van der Waals surface area contributed by atoms with Crippen molar-refractivity contribution in [2.45, 2.75) is 0 Å². The number of likely N-dealkylation sites (N-methyl/N-ethyl adjacent to an activating group) is 1.